The fraction of sp³-hybridized carbons (Fsp3) is 0.611. The van der Waals surface area contributed by atoms with Gasteiger partial charge in [0.25, 0.3) is 8.32 Å². The minimum absolute atomic E-state index is 0.00703. The zero-order valence-corrected chi connectivity index (χ0v) is 32.9. The Morgan fingerprint density at radius 1 is 0.814 bits per heavy atom. The van der Waals surface area contributed by atoms with E-state index >= 15 is 0 Å². The van der Waals surface area contributed by atoms with Crippen molar-refractivity contribution in [1.82, 2.24) is 0 Å². The molecule has 1 saturated heterocycles. The van der Waals surface area contributed by atoms with Crippen molar-refractivity contribution in [3.05, 3.63) is 72.8 Å². The third-order valence-electron chi connectivity index (χ3n) is 9.30. The molecule has 3 rings (SSSR count). The molecule has 1 heterocycles. The van der Waals surface area contributed by atoms with Crippen LogP contribution in [0.1, 0.15) is 75.7 Å². The van der Waals surface area contributed by atoms with E-state index in [9.17, 15) is 0 Å². The minimum Gasteiger partial charge on any atom is -0.408 e. The van der Waals surface area contributed by atoms with E-state index < -0.39 is 22.4 Å². The number of hydrogen-bond donors (Lipinski definition) is 0. The fourth-order valence-corrected chi connectivity index (χ4v) is 12.4. The third-order valence-corrected chi connectivity index (χ3v) is 19.5. The first-order valence-corrected chi connectivity index (χ1v) is 22.3. The Labute approximate surface area is 278 Å². The fourth-order valence-electron chi connectivity index (χ4n) is 5.72. The summed E-state index contributed by atoms with van der Waals surface area (Å²) >= 11 is 2.43. The summed E-state index contributed by atoms with van der Waals surface area (Å²) in [6.45, 7) is 27.1. The van der Waals surface area contributed by atoms with Crippen molar-refractivity contribution < 1.29 is 18.3 Å². The smallest absolute Gasteiger partial charge is 0.261 e. The highest BCUT2D eigenvalue weighted by atomic mass is 127. The van der Waals surface area contributed by atoms with Crippen molar-refractivity contribution in [1.29, 1.82) is 0 Å². The van der Waals surface area contributed by atoms with Crippen molar-refractivity contribution in [2.24, 2.45) is 5.92 Å². The van der Waals surface area contributed by atoms with E-state index in [0.717, 1.165) is 10.8 Å². The average Bonchev–Trinajstić information content (AvgIpc) is 3.22. The highest BCUT2D eigenvalue weighted by Crippen LogP contribution is 2.41. The van der Waals surface area contributed by atoms with Crippen LogP contribution in [0.2, 0.25) is 23.2 Å². The number of ether oxygens (including phenoxy) is 2. The summed E-state index contributed by atoms with van der Waals surface area (Å²) in [6, 6.07) is 21.8. The maximum Gasteiger partial charge on any atom is 0.261 e. The number of hydrogen-bond acceptors (Lipinski definition) is 4. The van der Waals surface area contributed by atoms with E-state index in [-0.39, 0.29) is 40.4 Å². The predicted molar refractivity (Wildman–Crippen MR) is 196 cm³/mol. The summed E-state index contributed by atoms with van der Waals surface area (Å²) in [4.78, 5) is 0. The second kappa shape index (κ2) is 14.3. The first kappa shape index (κ1) is 36.6. The van der Waals surface area contributed by atoms with Gasteiger partial charge in [-0.3, -0.25) is 0 Å². The van der Waals surface area contributed by atoms with Gasteiger partial charge in [-0.1, -0.05) is 144 Å². The van der Waals surface area contributed by atoms with Gasteiger partial charge < -0.3 is 18.3 Å². The molecular formula is C36H57IO4Si2. The van der Waals surface area contributed by atoms with Gasteiger partial charge in [-0.25, -0.2) is 0 Å². The highest BCUT2D eigenvalue weighted by Gasteiger charge is 2.52. The lowest BCUT2D eigenvalue weighted by Crippen LogP contribution is -2.67. The first-order valence-electron chi connectivity index (χ1n) is 15.9. The highest BCUT2D eigenvalue weighted by molar-refractivity contribution is 14.1. The predicted octanol–water partition coefficient (Wildman–Crippen LogP) is 8.88. The molecule has 7 heteroatoms. The maximum absolute atomic E-state index is 7.44. The quantitative estimate of drug-likeness (QED) is 0.0945. The van der Waals surface area contributed by atoms with Gasteiger partial charge in [0.15, 0.2) is 14.1 Å². The van der Waals surface area contributed by atoms with Gasteiger partial charge >= 0.3 is 0 Å². The first-order chi connectivity index (χ1) is 19.8. The number of alkyl halides is 1. The molecule has 0 N–H and O–H groups in total. The van der Waals surface area contributed by atoms with E-state index in [4.69, 9.17) is 18.3 Å². The van der Waals surface area contributed by atoms with E-state index in [1.807, 2.05) is 13.8 Å². The molecule has 43 heavy (non-hydrogen) atoms. The van der Waals surface area contributed by atoms with Crippen molar-refractivity contribution in [2.75, 3.05) is 4.43 Å². The van der Waals surface area contributed by atoms with E-state index in [0.29, 0.717) is 0 Å². The van der Waals surface area contributed by atoms with E-state index in [1.165, 1.54) is 10.4 Å². The Morgan fingerprint density at radius 2 is 1.33 bits per heavy atom. The molecule has 240 valence electrons. The molecule has 0 saturated carbocycles. The van der Waals surface area contributed by atoms with Crippen LogP contribution in [0.25, 0.3) is 0 Å². The summed E-state index contributed by atoms with van der Waals surface area (Å²) < 4.78 is 28.5. The maximum atomic E-state index is 7.44. The molecule has 1 unspecified atom stereocenters. The molecule has 0 aromatic heterocycles. The molecule has 1 aliphatic heterocycles. The van der Waals surface area contributed by atoms with Crippen LogP contribution in [-0.2, 0) is 18.3 Å². The monoisotopic (exact) mass is 736 g/mol. The van der Waals surface area contributed by atoms with Crippen molar-refractivity contribution >= 4 is 49.6 Å². The zero-order valence-electron chi connectivity index (χ0n) is 28.7. The molecule has 2 aromatic rings. The lowest BCUT2D eigenvalue weighted by molar-refractivity contribution is -0.151. The summed E-state index contributed by atoms with van der Waals surface area (Å²) in [5.74, 6) is -0.472. The van der Waals surface area contributed by atoms with Crippen LogP contribution in [0, 0.1) is 5.92 Å². The Balaban J connectivity index is 1.99. The molecule has 5 atom stereocenters. The SMILES string of the molecule is C[C@H](O[Si](c1ccccc1)(c1ccccc1)C(C)(C)C)[C@@H](C)/C=C\C(O[Si](C)(C)C(C)(C)C)[C@H]1OC(C)(C)O[C@H]1CCI. The number of benzene rings is 2. The topological polar surface area (TPSA) is 36.9 Å². The van der Waals surface area contributed by atoms with Gasteiger partial charge in [-0.2, -0.15) is 0 Å². The molecule has 0 bridgehead atoms. The summed E-state index contributed by atoms with van der Waals surface area (Å²) in [7, 11) is -4.76. The number of rotatable bonds is 12. The molecule has 0 spiro atoms. The summed E-state index contributed by atoms with van der Waals surface area (Å²) in [6.07, 6.45) is 5.12. The van der Waals surface area contributed by atoms with Gasteiger partial charge in [0.2, 0.25) is 0 Å². The van der Waals surface area contributed by atoms with Gasteiger partial charge in [0, 0.05) is 10.5 Å². The summed E-state index contributed by atoms with van der Waals surface area (Å²) in [5, 5.41) is 2.61. The Kier molecular flexibility index (Phi) is 12.2. The molecule has 1 fully saturated rings. The lowest BCUT2D eigenvalue weighted by atomic mass is 10.0. The van der Waals surface area contributed by atoms with Crippen molar-refractivity contribution in [3.63, 3.8) is 0 Å². The Morgan fingerprint density at radius 3 is 1.77 bits per heavy atom. The van der Waals surface area contributed by atoms with Crippen molar-refractivity contribution in [2.45, 2.75) is 129 Å². The van der Waals surface area contributed by atoms with E-state index in [1.54, 1.807) is 0 Å². The molecule has 4 nitrogen and oxygen atoms in total. The molecule has 0 amide bonds. The van der Waals surface area contributed by atoms with Crippen LogP contribution >= 0.6 is 22.6 Å². The van der Waals surface area contributed by atoms with Crippen LogP contribution in [0.4, 0.5) is 0 Å². The zero-order chi connectivity index (χ0) is 32.3. The second-order valence-corrected chi connectivity index (χ2v) is 25.3. The summed E-state index contributed by atoms with van der Waals surface area (Å²) in [5.41, 5.74) is 0. The Bertz CT molecular complexity index is 1130. The van der Waals surface area contributed by atoms with Crippen LogP contribution in [-0.4, -0.2) is 51.3 Å². The molecular weight excluding hydrogens is 679 g/mol. The average molecular weight is 737 g/mol. The molecule has 2 aromatic carbocycles. The van der Waals surface area contributed by atoms with Gasteiger partial charge in [-0.05, 0) is 66.7 Å². The minimum atomic E-state index is -2.66. The molecule has 0 aliphatic carbocycles. The largest absolute Gasteiger partial charge is 0.408 e. The standard InChI is InChI=1S/C36H57IO4Si2/c1-27(23-24-32(41-42(11,12)34(3,4)5)33-31(25-26-37)38-36(9,10)39-33)28(2)40-43(35(6,7)8,29-19-15-13-16-20-29)30-21-17-14-18-22-30/h13-24,27-28,31-33H,25-26H2,1-12H3/b24-23-/t27-,28-,31-,32?,33-/m0/s1. The lowest BCUT2D eigenvalue weighted by Gasteiger charge is -2.45. The van der Waals surface area contributed by atoms with Crippen LogP contribution in [0.3, 0.4) is 0 Å². The number of halogens is 1. The molecule has 1 aliphatic rings. The Hall–Kier alpha value is -0.816. The van der Waals surface area contributed by atoms with Crippen LogP contribution < -0.4 is 10.4 Å². The van der Waals surface area contributed by atoms with Crippen molar-refractivity contribution in [3.8, 4) is 0 Å². The van der Waals surface area contributed by atoms with Gasteiger partial charge in [0.1, 0.15) is 6.10 Å². The van der Waals surface area contributed by atoms with Gasteiger partial charge in [0.05, 0.1) is 12.2 Å². The normalized spacial score (nSPS) is 22.1. The molecule has 0 radical (unpaired) electrons. The van der Waals surface area contributed by atoms with Crippen LogP contribution in [0.5, 0.6) is 0 Å². The third kappa shape index (κ3) is 8.71. The van der Waals surface area contributed by atoms with Gasteiger partial charge in [-0.15, -0.1) is 0 Å². The second-order valence-electron chi connectivity index (χ2n) is 15.2. The van der Waals surface area contributed by atoms with Crippen LogP contribution in [0.15, 0.2) is 72.8 Å². The van der Waals surface area contributed by atoms with E-state index in [2.05, 4.69) is 164 Å².